The van der Waals surface area contributed by atoms with Crippen molar-refractivity contribution in [3.63, 3.8) is 0 Å². The average Bonchev–Trinajstić information content (AvgIpc) is 2.36. The maximum absolute atomic E-state index is 11.9. The Kier molecular flexibility index (Phi) is 1.93. The summed E-state index contributed by atoms with van der Waals surface area (Å²) in [5, 5.41) is 3.37. The van der Waals surface area contributed by atoms with Gasteiger partial charge in [0.25, 0.3) is 0 Å². The van der Waals surface area contributed by atoms with Crippen LogP contribution in [-0.2, 0) is 4.79 Å². The van der Waals surface area contributed by atoms with E-state index in [-0.39, 0.29) is 11.5 Å². The van der Waals surface area contributed by atoms with Crippen LogP contribution >= 0.6 is 0 Å². The highest BCUT2D eigenvalue weighted by Crippen LogP contribution is 2.61. The summed E-state index contributed by atoms with van der Waals surface area (Å²) in [5.41, 5.74) is 0.560. The lowest BCUT2D eigenvalue weighted by atomic mass is 9.51. The summed E-state index contributed by atoms with van der Waals surface area (Å²) in [6.45, 7) is 2.15. The van der Waals surface area contributed by atoms with Gasteiger partial charge in [-0.05, 0) is 25.7 Å². The molecular weight excluding hydrogens is 186 g/mol. The molecule has 15 heavy (non-hydrogen) atoms. The van der Waals surface area contributed by atoms with Gasteiger partial charge in [0.2, 0.25) is 5.91 Å². The van der Waals surface area contributed by atoms with Crippen LogP contribution in [0.3, 0.4) is 0 Å². The van der Waals surface area contributed by atoms with Gasteiger partial charge >= 0.3 is 0 Å². The Morgan fingerprint density at radius 3 is 2.27 bits per heavy atom. The van der Waals surface area contributed by atoms with Gasteiger partial charge in [-0.1, -0.05) is 32.6 Å². The van der Waals surface area contributed by atoms with Gasteiger partial charge in [-0.2, -0.15) is 0 Å². The molecule has 2 heteroatoms. The van der Waals surface area contributed by atoms with Crippen LogP contribution in [0.1, 0.15) is 58.3 Å². The van der Waals surface area contributed by atoms with E-state index in [9.17, 15) is 4.79 Å². The first-order valence-electron chi connectivity index (χ1n) is 6.52. The molecule has 1 heterocycles. The maximum atomic E-state index is 11.9. The van der Waals surface area contributed by atoms with Gasteiger partial charge in [-0.15, -0.1) is 0 Å². The minimum Gasteiger partial charge on any atom is -0.350 e. The van der Waals surface area contributed by atoms with Crippen molar-refractivity contribution in [1.29, 1.82) is 0 Å². The molecule has 3 aliphatic rings. The van der Waals surface area contributed by atoms with Gasteiger partial charge in [0.05, 0.1) is 0 Å². The summed E-state index contributed by atoms with van der Waals surface area (Å²) < 4.78 is 0. The van der Waals surface area contributed by atoms with E-state index in [0.717, 1.165) is 0 Å². The Bertz CT molecular complexity index is 287. The largest absolute Gasteiger partial charge is 0.350 e. The smallest absolute Gasteiger partial charge is 0.223 e. The Morgan fingerprint density at radius 2 is 1.73 bits per heavy atom. The number of carbonyl (C=O) groups is 1. The highest BCUT2D eigenvalue weighted by molar-refractivity contribution is 5.83. The highest BCUT2D eigenvalue weighted by Gasteiger charge is 2.64. The van der Waals surface area contributed by atoms with Crippen molar-refractivity contribution in [3.8, 4) is 0 Å². The van der Waals surface area contributed by atoms with Gasteiger partial charge < -0.3 is 5.32 Å². The van der Waals surface area contributed by atoms with Crippen LogP contribution in [-0.4, -0.2) is 11.4 Å². The number of fused-ring (bicyclic) bond motifs is 1. The van der Waals surface area contributed by atoms with Crippen molar-refractivity contribution in [3.05, 3.63) is 0 Å². The number of nitrogens with one attached hydrogen (secondary N) is 1. The number of rotatable bonds is 0. The lowest BCUT2D eigenvalue weighted by molar-refractivity contribution is -0.124. The van der Waals surface area contributed by atoms with Crippen molar-refractivity contribution < 1.29 is 4.79 Å². The van der Waals surface area contributed by atoms with E-state index in [1.54, 1.807) is 0 Å². The summed E-state index contributed by atoms with van der Waals surface area (Å²) in [7, 11) is 0. The maximum Gasteiger partial charge on any atom is 0.223 e. The first-order valence-corrected chi connectivity index (χ1v) is 6.52. The SMILES string of the molecule is CC1C(=O)NC2(CCCCC2)C12CCC2. The first kappa shape index (κ1) is 9.68. The molecule has 1 N–H and O–H groups in total. The third kappa shape index (κ3) is 1.03. The molecular formula is C13H21NO. The number of hydrogen-bond donors (Lipinski definition) is 1. The van der Waals surface area contributed by atoms with Crippen LogP contribution < -0.4 is 5.32 Å². The molecule has 1 saturated heterocycles. The Balaban J connectivity index is 1.96. The molecule has 1 unspecified atom stereocenters. The zero-order chi connectivity index (χ0) is 10.5. The lowest BCUT2D eigenvalue weighted by Gasteiger charge is -2.54. The molecule has 84 valence electrons. The molecule has 0 aromatic carbocycles. The topological polar surface area (TPSA) is 29.1 Å². The van der Waals surface area contributed by atoms with Crippen molar-refractivity contribution in [2.24, 2.45) is 11.3 Å². The van der Waals surface area contributed by atoms with E-state index >= 15 is 0 Å². The molecule has 0 aromatic rings. The van der Waals surface area contributed by atoms with Crippen LogP contribution in [0.5, 0.6) is 0 Å². The molecule has 2 spiro atoms. The van der Waals surface area contributed by atoms with Crippen molar-refractivity contribution in [2.75, 3.05) is 0 Å². The second kappa shape index (κ2) is 2.99. The van der Waals surface area contributed by atoms with Gasteiger partial charge in [-0.25, -0.2) is 0 Å². The normalized spacial score (nSPS) is 36.6. The second-order valence-electron chi connectivity index (χ2n) is 5.86. The van der Waals surface area contributed by atoms with Crippen molar-refractivity contribution in [1.82, 2.24) is 5.32 Å². The van der Waals surface area contributed by atoms with Crippen LogP contribution in [0.4, 0.5) is 0 Å². The summed E-state index contributed by atoms with van der Waals surface area (Å²) in [4.78, 5) is 11.9. The second-order valence-corrected chi connectivity index (χ2v) is 5.86. The predicted octanol–water partition coefficient (Wildman–Crippen LogP) is 2.63. The van der Waals surface area contributed by atoms with Gasteiger partial charge in [0.15, 0.2) is 0 Å². The third-order valence-electron chi connectivity index (χ3n) is 5.49. The fraction of sp³-hybridized carbons (Fsp3) is 0.923. The average molecular weight is 207 g/mol. The molecule has 3 rings (SSSR count). The third-order valence-corrected chi connectivity index (χ3v) is 5.49. The fourth-order valence-corrected chi connectivity index (χ4v) is 4.38. The molecule has 2 aliphatic carbocycles. The van der Waals surface area contributed by atoms with Crippen LogP contribution in [0.15, 0.2) is 0 Å². The van der Waals surface area contributed by atoms with E-state index in [2.05, 4.69) is 12.2 Å². The summed E-state index contributed by atoms with van der Waals surface area (Å²) in [6.07, 6.45) is 10.4. The molecule has 0 bridgehead atoms. The Morgan fingerprint density at radius 1 is 1.07 bits per heavy atom. The van der Waals surface area contributed by atoms with E-state index in [1.807, 2.05) is 0 Å². The summed E-state index contributed by atoms with van der Waals surface area (Å²) >= 11 is 0. The van der Waals surface area contributed by atoms with Crippen molar-refractivity contribution >= 4 is 5.91 Å². The number of amides is 1. The molecule has 1 aliphatic heterocycles. The van der Waals surface area contributed by atoms with E-state index < -0.39 is 0 Å². The van der Waals surface area contributed by atoms with Gasteiger partial charge in [-0.3, -0.25) is 4.79 Å². The van der Waals surface area contributed by atoms with Crippen LogP contribution in [0.2, 0.25) is 0 Å². The molecule has 3 fully saturated rings. The Hall–Kier alpha value is -0.530. The predicted molar refractivity (Wildman–Crippen MR) is 59.4 cm³/mol. The van der Waals surface area contributed by atoms with Gasteiger partial charge in [0.1, 0.15) is 0 Å². The van der Waals surface area contributed by atoms with Gasteiger partial charge in [0, 0.05) is 16.9 Å². The number of carbonyl (C=O) groups excluding carboxylic acids is 1. The summed E-state index contributed by atoms with van der Waals surface area (Å²) in [6, 6.07) is 0. The van der Waals surface area contributed by atoms with E-state index in [4.69, 9.17) is 0 Å². The first-order chi connectivity index (χ1) is 7.20. The quantitative estimate of drug-likeness (QED) is 0.650. The molecule has 2 nitrogen and oxygen atoms in total. The monoisotopic (exact) mass is 207 g/mol. The van der Waals surface area contributed by atoms with E-state index in [0.29, 0.717) is 11.3 Å². The molecule has 0 radical (unpaired) electrons. The minimum absolute atomic E-state index is 0.208. The fourth-order valence-electron chi connectivity index (χ4n) is 4.38. The summed E-state index contributed by atoms with van der Waals surface area (Å²) in [5.74, 6) is 0.598. The van der Waals surface area contributed by atoms with Crippen LogP contribution in [0, 0.1) is 11.3 Å². The van der Waals surface area contributed by atoms with E-state index in [1.165, 1.54) is 51.4 Å². The molecule has 1 atom stereocenters. The minimum atomic E-state index is 0.208. The molecule has 0 aromatic heterocycles. The molecule has 2 saturated carbocycles. The zero-order valence-electron chi connectivity index (χ0n) is 9.64. The molecule has 1 amide bonds. The Labute approximate surface area is 91.8 Å². The van der Waals surface area contributed by atoms with Crippen molar-refractivity contribution in [2.45, 2.75) is 63.8 Å². The highest BCUT2D eigenvalue weighted by atomic mass is 16.2. The standard InChI is InChI=1S/C13H21NO/c1-10-11(15)14-13(8-3-2-4-9-13)12(10)6-5-7-12/h10H,2-9H2,1H3,(H,14,15). The zero-order valence-corrected chi connectivity index (χ0v) is 9.64. The lowest BCUT2D eigenvalue weighted by Crippen LogP contribution is -2.57. The van der Waals surface area contributed by atoms with Crippen LogP contribution in [0.25, 0.3) is 0 Å². The number of hydrogen-bond acceptors (Lipinski definition) is 1.